The molecule has 0 N–H and O–H groups in total. The van der Waals surface area contributed by atoms with Crippen molar-refractivity contribution < 1.29 is 0 Å². The molecule has 0 saturated carbocycles. The minimum Gasteiger partial charge on any atom is -0.333 e. The summed E-state index contributed by atoms with van der Waals surface area (Å²) in [5.74, 6) is 0.571. The highest BCUT2D eigenvalue weighted by atomic mass is 15.2. The van der Waals surface area contributed by atoms with Crippen LogP contribution in [0.15, 0.2) is 212 Å². The lowest BCUT2D eigenvalue weighted by atomic mass is 9.90. The van der Waals surface area contributed by atoms with Gasteiger partial charge in [-0.1, -0.05) is 159 Å². The Morgan fingerprint density at radius 2 is 1.03 bits per heavy atom. The fraction of sp³-hybridized carbons (Fsp3) is 0.0820. The van der Waals surface area contributed by atoms with Crippen molar-refractivity contribution in [3.63, 3.8) is 0 Å². The van der Waals surface area contributed by atoms with E-state index in [0.717, 1.165) is 17.8 Å². The molecule has 0 bridgehead atoms. The lowest BCUT2D eigenvalue weighted by molar-refractivity contribution is 0.723. The summed E-state index contributed by atoms with van der Waals surface area (Å²) in [5, 5.41) is 6.28. The number of rotatable bonds is 5. The fourth-order valence-corrected chi connectivity index (χ4v) is 11.8. The van der Waals surface area contributed by atoms with Crippen molar-refractivity contribution in [1.82, 2.24) is 13.7 Å². The van der Waals surface area contributed by atoms with E-state index < -0.39 is 0 Å². The van der Waals surface area contributed by atoms with E-state index in [0.29, 0.717) is 5.92 Å². The molecule has 4 heterocycles. The lowest BCUT2D eigenvalue weighted by Gasteiger charge is -2.28. The molecule has 3 unspecified atom stereocenters. The molecule has 4 nitrogen and oxygen atoms in total. The fourth-order valence-electron chi connectivity index (χ4n) is 11.8. The van der Waals surface area contributed by atoms with Gasteiger partial charge in [-0.15, -0.1) is 0 Å². The molecule has 3 aromatic heterocycles. The maximum atomic E-state index is 2.63. The molecule has 0 spiro atoms. The number of aromatic nitrogens is 3. The highest BCUT2D eigenvalue weighted by Crippen LogP contribution is 2.52. The van der Waals surface area contributed by atoms with Gasteiger partial charge in [-0.3, -0.25) is 0 Å². The summed E-state index contributed by atoms with van der Waals surface area (Å²) in [6.07, 6.45) is 15.0. The van der Waals surface area contributed by atoms with Gasteiger partial charge in [0.05, 0.1) is 33.6 Å². The second-order valence-corrected chi connectivity index (χ2v) is 18.1. The van der Waals surface area contributed by atoms with E-state index in [9.17, 15) is 0 Å². The Morgan fingerprint density at radius 1 is 0.446 bits per heavy atom. The third-order valence-corrected chi connectivity index (χ3v) is 14.5. The van der Waals surface area contributed by atoms with E-state index in [1.165, 1.54) is 99.5 Å². The van der Waals surface area contributed by atoms with Gasteiger partial charge in [-0.05, 0) is 89.8 Å². The van der Waals surface area contributed by atoms with E-state index in [2.05, 4.69) is 244 Å². The molecule has 2 aliphatic carbocycles. The molecule has 308 valence electrons. The Labute approximate surface area is 377 Å². The summed E-state index contributed by atoms with van der Waals surface area (Å²) in [6, 6.07) is 67.9. The molecule has 0 radical (unpaired) electrons. The molecule has 3 aliphatic rings. The predicted octanol–water partition coefficient (Wildman–Crippen LogP) is 15.7. The van der Waals surface area contributed by atoms with Crippen LogP contribution in [0.1, 0.15) is 42.0 Å². The Bertz CT molecular complexity index is 3820. The van der Waals surface area contributed by atoms with Crippen LogP contribution in [0.3, 0.4) is 0 Å². The van der Waals surface area contributed by atoms with Crippen LogP contribution in [0.25, 0.3) is 88.8 Å². The molecule has 0 saturated heterocycles. The average Bonchev–Trinajstić information content (AvgIpc) is 4.09. The number of nitrogens with zero attached hydrogens (tertiary/aromatic N) is 4. The van der Waals surface area contributed by atoms with Gasteiger partial charge in [0.1, 0.15) is 0 Å². The van der Waals surface area contributed by atoms with Crippen LogP contribution in [-0.2, 0) is 0 Å². The second kappa shape index (κ2) is 14.0. The number of fused-ring (bicyclic) bond motifs is 13. The summed E-state index contributed by atoms with van der Waals surface area (Å²) in [4.78, 5) is 2.56. The average molecular weight is 833 g/mol. The Kier molecular flexibility index (Phi) is 7.82. The normalized spacial score (nSPS) is 17.5. The minimum absolute atomic E-state index is 0.217. The Hall–Kier alpha value is -8.08. The zero-order valence-electron chi connectivity index (χ0n) is 36.0. The van der Waals surface area contributed by atoms with Crippen LogP contribution in [0, 0.1) is 0 Å². The minimum atomic E-state index is 0.217. The van der Waals surface area contributed by atoms with Gasteiger partial charge in [0.25, 0.3) is 0 Å². The van der Waals surface area contributed by atoms with E-state index in [4.69, 9.17) is 0 Å². The molecule has 0 fully saturated rings. The van der Waals surface area contributed by atoms with E-state index >= 15 is 0 Å². The van der Waals surface area contributed by atoms with Crippen LogP contribution in [0.4, 0.5) is 11.4 Å². The first-order chi connectivity index (χ1) is 32.2. The third kappa shape index (κ3) is 5.25. The monoisotopic (exact) mass is 832 g/mol. The quantitative estimate of drug-likeness (QED) is 0.169. The number of allylic oxidation sites excluding steroid dienone is 3. The maximum absolute atomic E-state index is 2.63. The molecule has 0 amide bonds. The van der Waals surface area contributed by atoms with Crippen LogP contribution >= 0.6 is 0 Å². The molecule has 8 aromatic carbocycles. The first-order valence-electron chi connectivity index (χ1n) is 23.0. The molecular formula is C61H44N4. The van der Waals surface area contributed by atoms with Crippen molar-refractivity contribution >= 4 is 72.0 Å². The largest absolute Gasteiger partial charge is 0.333 e. The van der Waals surface area contributed by atoms with Crippen LogP contribution in [0.2, 0.25) is 0 Å². The molecule has 11 aromatic rings. The van der Waals surface area contributed by atoms with Crippen molar-refractivity contribution in [2.24, 2.45) is 0 Å². The zero-order chi connectivity index (χ0) is 42.8. The number of anilines is 2. The molecule has 14 rings (SSSR count). The summed E-state index contributed by atoms with van der Waals surface area (Å²) in [5.41, 5.74) is 18.5. The van der Waals surface area contributed by atoms with Crippen LogP contribution in [-0.4, -0.2) is 19.7 Å². The SMILES string of the molecule is CC1CC=Cc2c1n(-c1cc(-c3ccccc3)cc(-n3c4ccccc4c4ccc5c6ccccc6n(-c6ccccc6)c5c43)c1)c1cc3c(cc21)N(c1ccccc1)C1C=CC=CC31. The smallest absolute Gasteiger partial charge is 0.0788 e. The van der Waals surface area contributed by atoms with Gasteiger partial charge >= 0.3 is 0 Å². The van der Waals surface area contributed by atoms with Crippen molar-refractivity contribution in [3.8, 4) is 28.2 Å². The molecule has 3 atom stereocenters. The zero-order valence-corrected chi connectivity index (χ0v) is 36.0. The molecule has 4 heteroatoms. The summed E-state index contributed by atoms with van der Waals surface area (Å²) >= 11 is 0. The van der Waals surface area contributed by atoms with Crippen molar-refractivity contribution in [1.29, 1.82) is 0 Å². The van der Waals surface area contributed by atoms with E-state index in [1.807, 2.05) is 0 Å². The Balaban J connectivity index is 1.10. The molecule has 1 aliphatic heterocycles. The Morgan fingerprint density at radius 3 is 1.72 bits per heavy atom. The summed E-state index contributed by atoms with van der Waals surface area (Å²) in [7, 11) is 0. The van der Waals surface area contributed by atoms with E-state index in [1.54, 1.807) is 0 Å². The summed E-state index contributed by atoms with van der Waals surface area (Å²) < 4.78 is 7.67. The standard InChI is InChI=1S/C61H44N4/c1-39-18-17-28-49-53-38-57-52(48-27-13-14-29-54(48)62(57)42-21-7-3-8-22-42)37-58(53)65(59(39)49)45-35-41(40-19-5-2-6-20-40)34-44(36-45)64-56-31-16-12-26-47(56)51-33-32-50-46-25-11-15-30-55(46)63(60(50)61(51)64)43-23-9-4-10-24-43/h2-17,19-39,48,54H,18H2,1H3. The third-order valence-electron chi connectivity index (χ3n) is 14.5. The first-order valence-corrected chi connectivity index (χ1v) is 23.0. The maximum Gasteiger partial charge on any atom is 0.0788 e. The highest BCUT2D eigenvalue weighted by Gasteiger charge is 2.39. The van der Waals surface area contributed by atoms with Crippen LogP contribution < -0.4 is 4.90 Å². The topological polar surface area (TPSA) is 18.0 Å². The van der Waals surface area contributed by atoms with Gasteiger partial charge in [-0.2, -0.15) is 0 Å². The van der Waals surface area contributed by atoms with Crippen molar-refractivity contribution in [2.75, 3.05) is 4.90 Å². The lowest BCUT2D eigenvalue weighted by Crippen LogP contribution is -2.28. The molecular weight excluding hydrogens is 789 g/mol. The van der Waals surface area contributed by atoms with Gasteiger partial charge in [0, 0.05) is 78.5 Å². The van der Waals surface area contributed by atoms with Gasteiger partial charge in [-0.25, -0.2) is 0 Å². The van der Waals surface area contributed by atoms with Gasteiger partial charge < -0.3 is 18.6 Å². The van der Waals surface area contributed by atoms with Crippen LogP contribution in [0.5, 0.6) is 0 Å². The number of benzene rings is 8. The number of hydrogen-bond acceptors (Lipinski definition) is 1. The predicted molar refractivity (Wildman–Crippen MR) is 273 cm³/mol. The second-order valence-electron chi connectivity index (χ2n) is 18.1. The van der Waals surface area contributed by atoms with Gasteiger partial charge in [0.15, 0.2) is 0 Å². The van der Waals surface area contributed by atoms with E-state index in [-0.39, 0.29) is 12.0 Å². The highest BCUT2D eigenvalue weighted by molar-refractivity contribution is 6.24. The number of hydrogen-bond donors (Lipinski definition) is 0. The van der Waals surface area contributed by atoms with Gasteiger partial charge in [0.2, 0.25) is 0 Å². The molecule has 65 heavy (non-hydrogen) atoms. The van der Waals surface area contributed by atoms with Crippen molar-refractivity contribution in [2.45, 2.75) is 31.2 Å². The first kappa shape index (κ1) is 36.4. The summed E-state index contributed by atoms with van der Waals surface area (Å²) in [6.45, 7) is 2.40. The number of para-hydroxylation sites is 4. The van der Waals surface area contributed by atoms with Crippen molar-refractivity contribution in [3.05, 3.63) is 229 Å².